The second kappa shape index (κ2) is 5.89. The molecule has 21 heavy (non-hydrogen) atoms. The number of aliphatic hydroxyl groups is 1. The number of aliphatic hydroxyl groups excluding tert-OH is 1. The maximum absolute atomic E-state index is 14.2. The van der Waals surface area contributed by atoms with Crippen LogP contribution in [0, 0.1) is 0 Å². The zero-order valence-electron chi connectivity index (χ0n) is 12.3. The Morgan fingerprint density at radius 3 is 2.71 bits per heavy atom. The Labute approximate surface area is 122 Å². The predicted octanol–water partition coefficient (Wildman–Crippen LogP) is 2.26. The third-order valence-corrected chi connectivity index (χ3v) is 3.16. The second-order valence-corrected chi connectivity index (χ2v) is 5.22. The second-order valence-electron chi connectivity index (χ2n) is 5.22. The van der Waals surface area contributed by atoms with Crippen molar-refractivity contribution in [2.45, 2.75) is 32.5 Å². The van der Waals surface area contributed by atoms with Crippen molar-refractivity contribution in [1.82, 2.24) is 0 Å². The van der Waals surface area contributed by atoms with Gasteiger partial charge in [-0.05, 0) is 38.5 Å². The van der Waals surface area contributed by atoms with Crippen molar-refractivity contribution in [3.8, 4) is 11.5 Å². The maximum Gasteiger partial charge on any atom is 0.339 e. The van der Waals surface area contributed by atoms with E-state index in [9.17, 15) is 14.3 Å². The fourth-order valence-electron chi connectivity index (χ4n) is 2.08. The Morgan fingerprint density at radius 2 is 2.10 bits per heavy atom. The van der Waals surface area contributed by atoms with Gasteiger partial charge in [-0.1, -0.05) is 0 Å². The molecule has 0 amide bonds. The van der Waals surface area contributed by atoms with Gasteiger partial charge in [0.15, 0.2) is 17.6 Å². The first-order chi connectivity index (χ1) is 9.84. The van der Waals surface area contributed by atoms with Crippen LogP contribution in [0.15, 0.2) is 12.1 Å². The standard InChI is InChI=1S/C15H19FO5/c1-4-19-14(18)12(17)10-7-9(15(2,3)16)8-11-13(10)21-6-5-20-11/h7-8,12,17H,4-6H2,1-3H3. The molecule has 1 N–H and O–H groups in total. The molecule has 116 valence electrons. The Kier molecular flexibility index (Phi) is 4.37. The molecule has 5 nitrogen and oxygen atoms in total. The van der Waals surface area contributed by atoms with Crippen molar-refractivity contribution in [3.05, 3.63) is 23.3 Å². The molecular weight excluding hydrogens is 279 g/mol. The van der Waals surface area contributed by atoms with Gasteiger partial charge in [0, 0.05) is 5.56 Å². The van der Waals surface area contributed by atoms with Crippen LogP contribution in [-0.2, 0) is 15.2 Å². The molecule has 0 saturated heterocycles. The van der Waals surface area contributed by atoms with Crippen molar-refractivity contribution >= 4 is 5.97 Å². The van der Waals surface area contributed by atoms with Crippen LogP contribution in [0.25, 0.3) is 0 Å². The smallest absolute Gasteiger partial charge is 0.339 e. The molecule has 1 atom stereocenters. The van der Waals surface area contributed by atoms with Gasteiger partial charge in [0.25, 0.3) is 0 Å². The molecule has 1 heterocycles. The van der Waals surface area contributed by atoms with E-state index in [0.717, 1.165) is 0 Å². The van der Waals surface area contributed by atoms with E-state index in [-0.39, 0.29) is 17.9 Å². The quantitative estimate of drug-likeness (QED) is 0.864. The van der Waals surface area contributed by atoms with E-state index in [1.807, 2.05) is 0 Å². The van der Waals surface area contributed by atoms with Crippen LogP contribution in [0.2, 0.25) is 0 Å². The topological polar surface area (TPSA) is 65.0 Å². The third kappa shape index (κ3) is 3.26. The summed E-state index contributed by atoms with van der Waals surface area (Å²) in [6, 6.07) is 2.94. The molecular formula is C15H19FO5. The lowest BCUT2D eigenvalue weighted by Gasteiger charge is -2.26. The molecule has 1 aromatic carbocycles. The largest absolute Gasteiger partial charge is 0.486 e. The first-order valence-corrected chi connectivity index (χ1v) is 6.82. The monoisotopic (exact) mass is 298 g/mol. The Morgan fingerprint density at radius 1 is 1.43 bits per heavy atom. The summed E-state index contributed by atoms with van der Waals surface area (Å²) in [7, 11) is 0. The Bertz CT molecular complexity index is 536. The summed E-state index contributed by atoms with van der Waals surface area (Å²) in [5, 5.41) is 10.1. The number of hydrogen-bond acceptors (Lipinski definition) is 5. The van der Waals surface area contributed by atoms with Gasteiger partial charge in [0.1, 0.15) is 18.9 Å². The average molecular weight is 298 g/mol. The number of alkyl halides is 1. The molecule has 0 spiro atoms. The van der Waals surface area contributed by atoms with Gasteiger partial charge in [-0.3, -0.25) is 0 Å². The Hall–Kier alpha value is -1.82. The summed E-state index contributed by atoms with van der Waals surface area (Å²) in [6.45, 7) is 5.19. The molecule has 0 bridgehead atoms. The van der Waals surface area contributed by atoms with Gasteiger partial charge >= 0.3 is 5.97 Å². The minimum absolute atomic E-state index is 0.143. The van der Waals surface area contributed by atoms with Gasteiger partial charge in [0.2, 0.25) is 0 Å². The lowest BCUT2D eigenvalue weighted by atomic mass is 9.94. The van der Waals surface area contributed by atoms with Crippen molar-refractivity contribution in [1.29, 1.82) is 0 Å². The van der Waals surface area contributed by atoms with Crippen LogP contribution >= 0.6 is 0 Å². The summed E-state index contributed by atoms with van der Waals surface area (Å²) in [6.07, 6.45) is -1.54. The highest BCUT2D eigenvalue weighted by Gasteiger charge is 2.31. The van der Waals surface area contributed by atoms with Crippen LogP contribution in [0.3, 0.4) is 0 Å². The number of halogens is 1. The van der Waals surface area contributed by atoms with Gasteiger partial charge in [-0.25, -0.2) is 9.18 Å². The maximum atomic E-state index is 14.2. The van der Waals surface area contributed by atoms with Gasteiger partial charge in [-0.15, -0.1) is 0 Å². The Balaban J connectivity index is 2.49. The number of rotatable bonds is 4. The van der Waals surface area contributed by atoms with E-state index in [1.165, 1.54) is 26.0 Å². The van der Waals surface area contributed by atoms with Gasteiger partial charge in [0.05, 0.1) is 6.61 Å². The molecule has 6 heteroatoms. The highest BCUT2D eigenvalue weighted by atomic mass is 19.1. The predicted molar refractivity (Wildman–Crippen MR) is 73.2 cm³/mol. The average Bonchev–Trinajstić information content (AvgIpc) is 2.44. The zero-order valence-corrected chi connectivity index (χ0v) is 12.3. The van der Waals surface area contributed by atoms with Crippen LogP contribution in [-0.4, -0.2) is 30.9 Å². The van der Waals surface area contributed by atoms with Crippen LogP contribution in [0.5, 0.6) is 11.5 Å². The van der Waals surface area contributed by atoms with Gasteiger partial charge in [-0.2, -0.15) is 0 Å². The molecule has 0 aromatic heterocycles. The van der Waals surface area contributed by atoms with E-state index in [1.54, 1.807) is 6.92 Å². The lowest BCUT2D eigenvalue weighted by molar-refractivity contribution is -0.153. The van der Waals surface area contributed by atoms with E-state index < -0.39 is 17.7 Å². The molecule has 1 aliphatic heterocycles. The number of carbonyl (C=O) groups is 1. The molecule has 0 radical (unpaired) electrons. The number of carbonyl (C=O) groups excluding carboxylic acids is 1. The molecule has 0 fully saturated rings. The number of ether oxygens (including phenoxy) is 3. The fraction of sp³-hybridized carbons (Fsp3) is 0.533. The number of esters is 1. The van der Waals surface area contributed by atoms with Crippen molar-refractivity contribution < 1.29 is 28.5 Å². The number of hydrogen-bond donors (Lipinski definition) is 1. The van der Waals surface area contributed by atoms with E-state index in [2.05, 4.69) is 0 Å². The minimum atomic E-state index is -1.64. The number of fused-ring (bicyclic) bond motifs is 1. The molecule has 1 aliphatic rings. The molecule has 1 unspecified atom stereocenters. The van der Waals surface area contributed by atoms with E-state index in [0.29, 0.717) is 24.5 Å². The zero-order chi connectivity index (χ0) is 15.6. The highest BCUT2D eigenvalue weighted by Crippen LogP contribution is 2.41. The fourth-order valence-corrected chi connectivity index (χ4v) is 2.08. The van der Waals surface area contributed by atoms with Crippen molar-refractivity contribution in [2.75, 3.05) is 19.8 Å². The highest BCUT2D eigenvalue weighted by molar-refractivity contribution is 5.78. The van der Waals surface area contributed by atoms with E-state index in [4.69, 9.17) is 14.2 Å². The summed E-state index contributed by atoms with van der Waals surface area (Å²) in [5.41, 5.74) is -1.18. The van der Waals surface area contributed by atoms with Crippen LogP contribution in [0.1, 0.15) is 38.0 Å². The van der Waals surface area contributed by atoms with E-state index >= 15 is 0 Å². The first kappa shape index (κ1) is 15.6. The molecule has 1 aromatic rings. The first-order valence-electron chi connectivity index (χ1n) is 6.82. The summed E-state index contributed by atoms with van der Waals surface area (Å²) in [4.78, 5) is 11.7. The summed E-state index contributed by atoms with van der Waals surface area (Å²) >= 11 is 0. The molecule has 0 aliphatic carbocycles. The minimum Gasteiger partial charge on any atom is -0.486 e. The number of benzene rings is 1. The summed E-state index contributed by atoms with van der Waals surface area (Å²) < 4.78 is 29.9. The van der Waals surface area contributed by atoms with Crippen molar-refractivity contribution in [3.63, 3.8) is 0 Å². The van der Waals surface area contributed by atoms with Crippen LogP contribution in [0.4, 0.5) is 4.39 Å². The molecule has 2 rings (SSSR count). The SMILES string of the molecule is CCOC(=O)C(O)c1cc(C(C)(C)F)cc2c1OCCO2. The van der Waals surface area contributed by atoms with Crippen LogP contribution < -0.4 is 9.47 Å². The lowest BCUT2D eigenvalue weighted by Crippen LogP contribution is -2.22. The molecule has 0 saturated carbocycles. The summed E-state index contributed by atoms with van der Waals surface area (Å²) in [5.74, 6) is -0.222. The third-order valence-electron chi connectivity index (χ3n) is 3.16. The normalized spacial score (nSPS) is 15.5. The van der Waals surface area contributed by atoms with Gasteiger partial charge < -0.3 is 19.3 Å². The van der Waals surface area contributed by atoms with Crippen molar-refractivity contribution in [2.24, 2.45) is 0 Å².